The molecule has 6 nitrogen and oxygen atoms in total. The van der Waals surface area contributed by atoms with Gasteiger partial charge in [-0.05, 0) is 19.3 Å². The highest BCUT2D eigenvalue weighted by Gasteiger charge is 2.44. The normalized spacial score (nSPS) is 34.9. The van der Waals surface area contributed by atoms with Gasteiger partial charge >= 0.3 is 12.0 Å². The second-order valence-electron chi connectivity index (χ2n) is 5.19. The number of likely N-dealkylation sites (tertiary alicyclic amines) is 1. The summed E-state index contributed by atoms with van der Waals surface area (Å²) in [6, 6.07) is -1.21. The average Bonchev–Trinajstić information content (AvgIpc) is 2.91. The molecular weight excluding hydrogens is 268 g/mol. The molecule has 0 aliphatic carbocycles. The quantitative estimate of drug-likeness (QED) is 0.780. The van der Waals surface area contributed by atoms with Gasteiger partial charge in [0.1, 0.15) is 6.04 Å². The molecule has 2 aliphatic heterocycles. The first-order chi connectivity index (χ1) is 8.97. The molecule has 0 bridgehead atoms. The molecule has 7 heteroatoms. The van der Waals surface area contributed by atoms with E-state index in [1.807, 2.05) is 13.8 Å². The van der Waals surface area contributed by atoms with Crippen LogP contribution in [0.3, 0.4) is 0 Å². The van der Waals surface area contributed by atoms with Crippen molar-refractivity contribution in [3.05, 3.63) is 0 Å². The lowest BCUT2D eigenvalue weighted by atomic mass is 10.0. The van der Waals surface area contributed by atoms with E-state index in [4.69, 9.17) is 0 Å². The summed E-state index contributed by atoms with van der Waals surface area (Å²) < 4.78 is 0. The highest BCUT2D eigenvalue weighted by atomic mass is 32.2. The lowest BCUT2D eigenvalue weighted by Crippen LogP contribution is -2.53. The molecule has 0 aromatic heterocycles. The number of nitrogens with zero attached hydrogens (tertiary/aromatic N) is 2. The Kier molecular flexibility index (Phi) is 4.25. The van der Waals surface area contributed by atoms with E-state index in [1.165, 1.54) is 16.7 Å². The first-order valence-corrected chi connectivity index (χ1v) is 7.56. The average molecular weight is 288 g/mol. The molecule has 2 aliphatic rings. The third kappa shape index (κ3) is 2.53. The second-order valence-corrected chi connectivity index (χ2v) is 6.53. The number of hydrogen-bond acceptors (Lipinski definition) is 4. The fourth-order valence-electron chi connectivity index (χ4n) is 2.80. The maximum Gasteiger partial charge on any atom is 0.327 e. The molecule has 2 N–H and O–H groups in total. The van der Waals surface area contributed by atoms with E-state index in [9.17, 15) is 19.8 Å². The Morgan fingerprint density at radius 1 is 1.37 bits per heavy atom. The molecule has 2 fully saturated rings. The maximum atomic E-state index is 12.6. The Hall–Kier alpha value is -0.950. The van der Waals surface area contributed by atoms with E-state index in [0.717, 1.165) is 6.42 Å². The number of urea groups is 1. The first kappa shape index (κ1) is 14.5. The Bertz CT molecular complexity index is 379. The Morgan fingerprint density at radius 2 is 2.05 bits per heavy atom. The van der Waals surface area contributed by atoms with Crippen molar-refractivity contribution in [2.24, 2.45) is 5.92 Å². The molecule has 0 aromatic rings. The van der Waals surface area contributed by atoms with Crippen molar-refractivity contribution in [2.75, 3.05) is 18.9 Å². The number of aliphatic hydroxyl groups excluding tert-OH is 1. The Labute approximate surface area is 116 Å². The van der Waals surface area contributed by atoms with Crippen molar-refractivity contribution < 1.29 is 19.8 Å². The van der Waals surface area contributed by atoms with E-state index in [2.05, 4.69) is 0 Å². The van der Waals surface area contributed by atoms with Crippen LogP contribution in [0.1, 0.15) is 20.3 Å². The van der Waals surface area contributed by atoms with E-state index in [1.54, 1.807) is 4.90 Å². The third-order valence-electron chi connectivity index (χ3n) is 4.04. The molecule has 2 saturated heterocycles. The van der Waals surface area contributed by atoms with Crippen LogP contribution < -0.4 is 0 Å². The predicted molar refractivity (Wildman–Crippen MR) is 71.9 cm³/mol. The smallest absolute Gasteiger partial charge is 0.327 e. The first-order valence-electron chi connectivity index (χ1n) is 6.51. The van der Waals surface area contributed by atoms with Gasteiger partial charge in [0, 0.05) is 12.3 Å². The topological polar surface area (TPSA) is 81.1 Å². The number of amides is 2. The molecule has 2 heterocycles. The van der Waals surface area contributed by atoms with Gasteiger partial charge in [-0.2, -0.15) is 0 Å². The van der Waals surface area contributed by atoms with Crippen LogP contribution in [0.2, 0.25) is 0 Å². The Morgan fingerprint density at radius 3 is 2.63 bits per heavy atom. The number of carboxylic acids is 1. The predicted octanol–water partition coefficient (Wildman–Crippen LogP) is 0.657. The molecule has 0 aromatic carbocycles. The van der Waals surface area contributed by atoms with Crippen molar-refractivity contribution in [3.63, 3.8) is 0 Å². The maximum absolute atomic E-state index is 12.6. The highest BCUT2D eigenvalue weighted by Crippen LogP contribution is 2.32. The van der Waals surface area contributed by atoms with E-state index in [0.29, 0.717) is 12.3 Å². The molecular formula is C12H20N2O4S. The molecule has 4 unspecified atom stereocenters. The van der Waals surface area contributed by atoms with E-state index < -0.39 is 12.0 Å². The summed E-state index contributed by atoms with van der Waals surface area (Å²) in [7, 11) is 0. The number of carbonyl (C=O) groups is 2. The number of aliphatic hydroxyl groups is 1. The zero-order valence-corrected chi connectivity index (χ0v) is 12.0. The van der Waals surface area contributed by atoms with Crippen LogP contribution in [0.5, 0.6) is 0 Å². The van der Waals surface area contributed by atoms with Gasteiger partial charge in [-0.3, -0.25) is 4.90 Å². The molecule has 4 atom stereocenters. The summed E-state index contributed by atoms with van der Waals surface area (Å²) in [5.74, 6) is -0.282. The minimum absolute atomic E-state index is 0.0694. The monoisotopic (exact) mass is 288 g/mol. The summed E-state index contributed by atoms with van der Waals surface area (Å²) >= 11 is 1.47. The number of carbonyl (C=O) groups excluding carboxylic acids is 1. The van der Waals surface area contributed by atoms with Crippen LogP contribution in [0.25, 0.3) is 0 Å². The minimum atomic E-state index is -0.960. The van der Waals surface area contributed by atoms with Gasteiger partial charge in [-0.15, -0.1) is 11.8 Å². The summed E-state index contributed by atoms with van der Waals surface area (Å²) in [6.07, 6.45) is 0.851. The van der Waals surface area contributed by atoms with Crippen LogP contribution in [-0.4, -0.2) is 68.4 Å². The van der Waals surface area contributed by atoms with Crippen molar-refractivity contribution >= 4 is 23.8 Å². The van der Waals surface area contributed by atoms with Gasteiger partial charge in [0.25, 0.3) is 0 Å². The molecule has 2 rings (SSSR count). The summed E-state index contributed by atoms with van der Waals surface area (Å²) in [4.78, 5) is 26.8. The lowest BCUT2D eigenvalue weighted by Gasteiger charge is -2.33. The van der Waals surface area contributed by atoms with E-state index >= 15 is 0 Å². The minimum Gasteiger partial charge on any atom is -0.480 e. The van der Waals surface area contributed by atoms with Crippen LogP contribution >= 0.6 is 11.8 Å². The fourth-order valence-corrected chi connectivity index (χ4v) is 3.96. The zero-order valence-electron chi connectivity index (χ0n) is 11.2. The van der Waals surface area contributed by atoms with Gasteiger partial charge in [-0.25, -0.2) is 9.59 Å². The Balaban J connectivity index is 2.16. The lowest BCUT2D eigenvalue weighted by molar-refractivity contribution is -0.141. The highest BCUT2D eigenvalue weighted by molar-refractivity contribution is 8.00. The molecule has 108 valence electrons. The SMILES string of the molecule is CC1CCN(C(=O)N2C(C)SCC2C(=O)O)C1CO. The fraction of sp³-hybridized carbons (Fsp3) is 0.833. The molecule has 0 radical (unpaired) electrons. The zero-order chi connectivity index (χ0) is 14.2. The van der Waals surface area contributed by atoms with Crippen molar-refractivity contribution in [1.82, 2.24) is 9.80 Å². The van der Waals surface area contributed by atoms with Crippen LogP contribution in [-0.2, 0) is 4.79 Å². The van der Waals surface area contributed by atoms with Gasteiger partial charge in [0.15, 0.2) is 0 Å². The van der Waals surface area contributed by atoms with E-state index in [-0.39, 0.29) is 30.0 Å². The standard InChI is InChI=1S/C12H20N2O4S/c1-7-3-4-13(9(7)5-15)12(18)14-8(2)19-6-10(14)11(16)17/h7-10,15H,3-6H2,1-2H3,(H,16,17). The van der Waals surface area contributed by atoms with Crippen LogP contribution in [0.4, 0.5) is 4.79 Å². The van der Waals surface area contributed by atoms with Crippen molar-refractivity contribution in [1.29, 1.82) is 0 Å². The van der Waals surface area contributed by atoms with Crippen LogP contribution in [0.15, 0.2) is 0 Å². The number of hydrogen-bond donors (Lipinski definition) is 2. The van der Waals surface area contributed by atoms with Gasteiger partial charge in [0.2, 0.25) is 0 Å². The largest absolute Gasteiger partial charge is 0.480 e. The van der Waals surface area contributed by atoms with Crippen LogP contribution in [0, 0.1) is 5.92 Å². The van der Waals surface area contributed by atoms with Gasteiger partial charge < -0.3 is 15.1 Å². The second kappa shape index (κ2) is 5.58. The van der Waals surface area contributed by atoms with Gasteiger partial charge in [-0.1, -0.05) is 6.92 Å². The summed E-state index contributed by atoms with van der Waals surface area (Å²) in [6.45, 7) is 4.37. The molecule has 0 saturated carbocycles. The van der Waals surface area contributed by atoms with Crippen molar-refractivity contribution in [3.8, 4) is 0 Å². The molecule has 2 amide bonds. The number of aliphatic carboxylic acids is 1. The van der Waals surface area contributed by atoms with Crippen molar-refractivity contribution in [2.45, 2.75) is 37.7 Å². The number of carboxylic acid groups (broad SMARTS) is 1. The number of rotatable bonds is 2. The molecule has 0 spiro atoms. The molecule has 19 heavy (non-hydrogen) atoms. The summed E-state index contributed by atoms with van der Waals surface area (Å²) in [5.41, 5.74) is 0. The summed E-state index contributed by atoms with van der Waals surface area (Å²) in [5, 5.41) is 18.5. The third-order valence-corrected chi connectivity index (χ3v) is 5.26. The van der Waals surface area contributed by atoms with Gasteiger partial charge in [0.05, 0.1) is 18.0 Å². The number of thioether (sulfide) groups is 1.